The summed E-state index contributed by atoms with van der Waals surface area (Å²) in [5.74, 6) is -2.41. The molecule has 0 bridgehead atoms. The van der Waals surface area contributed by atoms with Crippen LogP contribution in [0.4, 0.5) is 0 Å². The van der Waals surface area contributed by atoms with Crippen LogP contribution in [0.1, 0.15) is 187 Å². The lowest BCUT2D eigenvalue weighted by atomic mass is 10.1. The predicted octanol–water partition coefficient (Wildman–Crippen LogP) is 12.0. The van der Waals surface area contributed by atoms with Gasteiger partial charge in [0.1, 0.15) is 12.1 Å². The summed E-state index contributed by atoms with van der Waals surface area (Å²) in [7, 11) is 0. The molecule has 0 aliphatic rings. The van der Waals surface area contributed by atoms with Gasteiger partial charge in [-0.15, -0.1) is 0 Å². The molecule has 60 heavy (non-hydrogen) atoms. The lowest BCUT2D eigenvalue weighted by Gasteiger charge is -2.15. The van der Waals surface area contributed by atoms with Crippen molar-refractivity contribution in [3.05, 3.63) is 85.1 Å². The summed E-state index contributed by atoms with van der Waals surface area (Å²) in [4.78, 5) is 47.6. The Labute approximate surface area is 365 Å². The lowest BCUT2D eigenvalue weighted by molar-refractivity contribution is -0.147. The van der Waals surface area contributed by atoms with Crippen LogP contribution in [-0.2, 0) is 23.9 Å². The number of carbonyl (C=O) groups is 4. The number of aliphatic hydroxyl groups is 1. The number of allylic oxidation sites excluding steroid dienone is 13. The Bertz CT molecular complexity index is 1280. The Morgan fingerprint density at radius 3 is 1.53 bits per heavy atom. The van der Waals surface area contributed by atoms with Crippen LogP contribution in [0, 0.1) is 0 Å². The molecule has 0 saturated heterocycles. The molecule has 0 aliphatic heterocycles. The maximum Gasteiger partial charge on any atom is 0.328 e. The number of aliphatic hydroxyl groups excluding tert-OH is 1. The Kier molecular flexibility index (Phi) is 41.6. The number of esters is 1. The van der Waals surface area contributed by atoms with Crippen LogP contribution in [0.3, 0.4) is 0 Å². The highest BCUT2D eigenvalue weighted by Gasteiger charge is 2.18. The van der Waals surface area contributed by atoms with Gasteiger partial charge in [0.2, 0.25) is 11.8 Å². The summed E-state index contributed by atoms with van der Waals surface area (Å²) >= 11 is 0. The molecule has 0 aromatic heterocycles. The Morgan fingerprint density at radius 1 is 0.533 bits per heavy atom. The molecule has 340 valence electrons. The first-order chi connectivity index (χ1) is 29.3. The van der Waals surface area contributed by atoms with Gasteiger partial charge in [0, 0.05) is 12.8 Å². The molecule has 0 fully saturated rings. The summed E-state index contributed by atoms with van der Waals surface area (Å²) in [6.07, 6.45) is 57.7. The van der Waals surface area contributed by atoms with Gasteiger partial charge in [-0.1, -0.05) is 163 Å². The van der Waals surface area contributed by atoms with Gasteiger partial charge in [0.15, 0.2) is 0 Å². The minimum absolute atomic E-state index is 0.126. The number of carbonyl (C=O) groups excluding carboxylic acids is 3. The van der Waals surface area contributed by atoms with Crippen LogP contribution in [0.2, 0.25) is 0 Å². The van der Waals surface area contributed by atoms with Crippen molar-refractivity contribution in [2.75, 3.05) is 13.2 Å². The second-order valence-electron chi connectivity index (χ2n) is 15.5. The van der Waals surface area contributed by atoms with E-state index in [0.29, 0.717) is 12.8 Å². The number of carboxylic acid groups (broad SMARTS) is 1. The molecule has 2 atom stereocenters. The van der Waals surface area contributed by atoms with E-state index in [9.17, 15) is 19.2 Å². The highest BCUT2D eigenvalue weighted by molar-refractivity contribution is 5.87. The van der Waals surface area contributed by atoms with Crippen LogP contribution in [-0.4, -0.2) is 59.3 Å². The summed E-state index contributed by atoms with van der Waals surface area (Å²) in [6, 6.07) is -1.39. The highest BCUT2D eigenvalue weighted by atomic mass is 16.5. The Morgan fingerprint density at radius 2 is 1.00 bits per heavy atom. The molecule has 0 aliphatic carbocycles. The van der Waals surface area contributed by atoms with E-state index in [2.05, 4.69) is 103 Å². The quantitative estimate of drug-likeness (QED) is 0.0273. The first-order valence-electron chi connectivity index (χ1n) is 23.5. The number of rotatable bonds is 41. The molecule has 9 heteroatoms. The van der Waals surface area contributed by atoms with Gasteiger partial charge in [-0.05, 0) is 96.0 Å². The number of nitrogens with one attached hydrogen (secondary N) is 2. The van der Waals surface area contributed by atoms with Crippen molar-refractivity contribution >= 4 is 23.8 Å². The fourth-order valence-corrected chi connectivity index (χ4v) is 6.28. The third-order valence-electron chi connectivity index (χ3n) is 9.86. The number of hydrogen-bond donors (Lipinski definition) is 4. The molecule has 0 spiro atoms. The topological polar surface area (TPSA) is 142 Å². The molecule has 4 N–H and O–H groups in total. The molecule has 2 amide bonds. The minimum atomic E-state index is -1.39. The number of amides is 2. The second-order valence-corrected chi connectivity index (χ2v) is 15.5. The first kappa shape index (κ1) is 56.0. The molecule has 0 rings (SSSR count). The van der Waals surface area contributed by atoms with Crippen LogP contribution >= 0.6 is 0 Å². The molecule has 0 aromatic carbocycles. The van der Waals surface area contributed by atoms with E-state index in [1.165, 1.54) is 51.4 Å². The fraction of sp³-hybridized carbons (Fsp3) is 0.647. The first-order valence-corrected chi connectivity index (χ1v) is 23.5. The van der Waals surface area contributed by atoms with E-state index >= 15 is 0 Å². The van der Waals surface area contributed by atoms with E-state index in [-0.39, 0.29) is 30.9 Å². The molecular weight excluding hydrogens is 753 g/mol. The van der Waals surface area contributed by atoms with Gasteiger partial charge < -0.3 is 25.6 Å². The fourth-order valence-electron chi connectivity index (χ4n) is 6.28. The second kappa shape index (κ2) is 44.6. The number of carboxylic acids is 1. The van der Waals surface area contributed by atoms with Crippen LogP contribution < -0.4 is 10.6 Å². The molecule has 0 radical (unpaired) electrons. The SMILES string of the molecule is CC/C=C\C/C=C\C/C=C\C/C=C\CCCCCCCCCCC(=O)OC(/C=C\C/C=C\C/C=C\CCCCC)CCCCCCCC(=O)NCC(=O)NC(CO)C(=O)O. The molecule has 9 nitrogen and oxygen atoms in total. The van der Waals surface area contributed by atoms with E-state index in [1.807, 2.05) is 6.08 Å². The van der Waals surface area contributed by atoms with Gasteiger partial charge in [0.05, 0.1) is 13.2 Å². The van der Waals surface area contributed by atoms with Crippen LogP contribution in [0.25, 0.3) is 0 Å². The van der Waals surface area contributed by atoms with Gasteiger partial charge in [-0.25, -0.2) is 4.79 Å². The summed E-state index contributed by atoms with van der Waals surface area (Å²) < 4.78 is 5.93. The molecule has 0 heterocycles. The number of ether oxygens (including phenoxy) is 1. The summed E-state index contributed by atoms with van der Waals surface area (Å²) in [6.45, 7) is 3.32. The van der Waals surface area contributed by atoms with Gasteiger partial charge >= 0.3 is 11.9 Å². The van der Waals surface area contributed by atoms with E-state index in [4.69, 9.17) is 14.9 Å². The molecular formula is C51H84N2O7. The van der Waals surface area contributed by atoms with Crippen LogP contribution in [0.5, 0.6) is 0 Å². The maximum absolute atomic E-state index is 12.8. The average Bonchev–Trinajstić information content (AvgIpc) is 3.23. The van der Waals surface area contributed by atoms with Crippen LogP contribution in [0.15, 0.2) is 85.1 Å². The molecule has 0 aromatic rings. The van der Waals surface area contributed by atoms with E-state index in [0.717, 1.165) is 103 Å². The van der Waals surface area contributed by atoms with Crippen molar-refractivity contribution in [1.29, 1.82) is 0 Å². The number of aliphatic carboxylic acids is 1. The highest BCUT2D eigenvalue weighted by Crippen LogP contribution is 2.15. The van der Waals surface area contributed by atoms with Gasteiger partial charge in [-0.3, -0.25) is 14.4 Å². The normalized spacial score (nSPS) is 13.2. The van der Waals surface area contributed by atoms with E-state index in [1.54, 1.807) is 0 Å². The van der Waals surface area contributed by atoms with E-state index < -0.39 is 24.5 Å². The zero-order valence-corrected chi connectivity index (χ0v) is 37.7. The third kappa shape index (κ3) is 40.8. The maximum atomic E-state index is 12.8. The largest absolute Gasteiger partial charge is 0.480 e. The van der Waals surface area contributed by atoms with Crippen molar-refractivity contribution in [3.63, 3.8) is 0 Å². The summed E-state index contributed by atoms with van der Waals surface area (Å²) in [5, 5.41) is 22.6. The Hall–Kier alpha value is -3.98. The van der Waals surface area contributed by atoms with Crippen molar-refractivity contribution < 1.29 is 34.1 Å². The summed E-state index contributed by atoms with van der Waals surface area (Å²) in [5.41, 5.74) is 0. The number of hydrogen-bond acceptors (Lipinski definition) is 6. The molecule has 2 unspecified atom stereocenters. The zero-order chi connectivity index (χ0) is 44.0. The van der Waals surface area contributed by atoms with Gasteiger partial charge in [0.25, 0.3) is 0 Å². The van der Waals surface area contributed by atoms with Gasteiger partial charge in [-0.2, -0.15) is 0 Å². The predicted molar refractivity (Wildman–Crippen MR) is 250 cm³/mol. The van der Waals surface area contributed by atoms with Crippen molar-refractivity contribution in [2.45, 2.75) is 199 Å². The van der Waals surface area contributed by atoms with Crippen molar-refractivity contribution in [3.8, 4) is 0 Å². The average molecular weight is 837 g/mol. The number of unbranched alkanes of at least 4 members (excludes halogenated alkanes) is 15. The Balaban J connectivity index is 4.35. The standard InChI is InChI=1S/C51H84N2O7/c1-3-5-7-9-11-13-15-16-17-18-19-20-21-22-23-24-26-28-30-35-39-43-50(57)60-46(40-36-32-29-27-25-14-12-10-8-6-4-2)41-37-33-31-34-38-42-48(55)52-44-49(56)53-47(45-54)51(58)59/h5,7,11-14,16-17,19-20,27,29,36,40,46-47,54H,3-4,6,8-10,15,18,21-26,28,30-35,37-39,41-45H2,1-2H3,(H,52,55)(H,53,56)(H,58,59)/b7-5-,13-11-,14-12-,17-16-,20-19-,29-27-,40-36-. The lowest BCUT2D eigenvalue weighted by Crippen LogP contribution is -2.47. The minimum Gasteiger partial charge on any atom is -0.480 e. The van der Waals surface area contributed by atoms with Crippen molar-refractivity contribution in [2.24, 2.45) is 0 Å². The molecule has 0 saturated carbocycles. The zero-order valence-electron chi connectivity index (χ0n) is 37.7. The monoisotopic (exact) mass is 837 g/mol. The third-order valence-corrected chi connectivity index (χ3v) is 9.86. The smallest absolute Gasteiger partial charge is 0.328 e. The van der Waals surface area contributed by atoms with Crippen molar-refractivity contribution in [1.82, 2.24) is 10.6 Å².